The Morgan fingerprint density at radius 3 is 2.67 bits per heavy atom. The zero-order chi connectivity index (χ0) is 13.1. The van der Waals surface area contributed by atoms with Crippen molar-refractivity contribution in [2.24, 2.45) is 5.16 Å². The molecule has 0 aliphatic carbocycles. The van der Waals surface area contributed by atoms with Crippen molar-refractivity contribution in [1.29, 1.82) is 0 Å². The molecule has 0 fully saturated rings. The van der Waals surface area contributed by atoms with E-state index in [2.05, 4.69) is 10.1 Å². The summed E-state index contributed by atoms with van der Waals surface area (Å²) in [5.74, 6) is -0.517. The Morgan fingerprint density at radius 2 is 2.06 bits per heavy atom. The first-order chi connectivity index (χ1) is 8.63. The van der Waals surface area contributed by atoms with Crippen molar-refractivity contribution in [2.45, 2.75) is 6.92 Å². The molecule has 1 heterocycles. The number of nitrogens with zero attached hydrogens (tertiary/aromatic N) is 2. The number of ketones is 1. The molecule has 0 saturated heterocycles. The van der Waals surface area contributed by atoms with Gasteiger partial charge < -0.3 is 5.21 Å². The molecular formula is C12H9ClN2O2S. The molecule has 0 unspecified atom stereocenters. The lowest BCUT2D eigenvalue weighted by molar-refractivity contribution is 0.106. The van der Waals surface area contributed by atoms with Crippen LogP contribution in [-0.2, 0) is 0 Å². The highest BCUT2D eigenvalue weighted by Gasteiger charge is 2.20. The van der Waals surface area contributed by atoms with E-state index in [1.807, 2.05) is 30.3 Å². The molecule has 0 radical (unpaired) electrons. The first-order valence-electron chi connectivity index (χ1n) is 5.08. The highest BCUT2D eigenvalue weighted by molar-refractivity contribution is 7.18. The minimum atomic E-state index is -0.517. The number of hydrogen-bond acceptors (Lipinski definition) is 5. The van der Waals surface area contributed by atoms with Gasteiger partial charge in [0.05, 0.1) is 5.69 Å². The fourth-order valence-electron chi connectivity index (χ4n) is 1.45. The van der Waals surface area contributed by atoms with Gasteiger partial charge in [0.2, 0.25) is 11.0 Å². The van der Waals surface area contributed by atoms with Crippen LogP contribution in [0.3, 0.4) is 0 Å². The summed E-state index contributed by atoms with van der Waals surface area (Å²) in [4.78, 5) is 16.5. The Bertz CT molecular complexity index is 608. The van der Waals surface area contributed by atoms with Crippen molar-refractivity contribution in [3.05, 3.63) is 40.9 Å². The van der Waals surface area contributed by atoms with Gasteiger partial charge in [-0.25, -0.2) is 4.98 Å². The Labute approximate surface area is 113 Å². The predicted molar refractivity (Wildman–Crippen MR) is 71.7 cm³/mol. The van der Waals surface area contributed by atoms with E-state index in [1.54, 1.807) is 6.92 Å². The zero-order valence-electron chi connectivity index (χ0n) is 9.42. The molecule has 0 aliphatic heterocycles. The van der Waals surface area contributed by atoms with E-state index in [0.717, 1.165) is 10.6 Å². The van der Waals surface area contributed by atoms with E-state index >= 15 is 0 Å². The van der Waals surface area contributed by atoms with Crippen LogP contribution in [-0.4, -0.2) is 21.1 Å². The quantitative estimate of drug-likeness (QED) is 0.406. The summed E-state index contributed by atoms with van der Waals surface area (Å²) in [6.07, 6.45) is 0. The second-order valence-electron chi connectivity index (χ2n) is 3.52. The summed E-state index contributed by atoms with van der Waals surface area (Å²) in [5, 5.41) is 11.5. The number of halogens is 1. The van der Waals surface area contributed by atoms with E-state index in [4.69, 9.17) is 16.8 Å². The third-order valence-corrected chi connectivity index (χ3v) is 3.75. The molecular weight excluding hydrogens is 272 g/mol. The van der Waals surface area contributed by atoms with Crippen LogP contribution in [0, 0.1) is 6.92 Å². The minimum absolute atomic E-state index is 0.386. The monoisotopic (exact) mass is 280 g/mol. The van der Waals surface area contributed by atoms with Gasteiger partial charge in [-0.1, -0.05) is 47.1 Å². The number of benzene rings is 1. The number of aromatic nitrogens is 1. The average Bonchev–Trinajstić information content (AvgIpc) is 2.80. The smallest absolute Gasteiger partial charge is 0.238 e. The average molecular weight is 281 g/mol. The van der Waals surface area contributed by atoms with Gasteiger partial charge in [-0.05, 0) is 6.92 Å². The van der Waals surface area contributed by atoms with E-state index < -0.39 is 11.0 Å². The summed E-state index contributed by atoms with van der Waals surface area (Å²) in [7, 11) is 0. The predicted octanol–water partition coefficient (Wildman–Crippen LogP) is 3.33. The maximum absolute atomic E-state index is 11.8. The molecule has 1 aromatic carbocycles. The van der Waals surface area contributed by atoms with Gasteiger partial charge in [-0.15, -0.1) is 11.3 Å². The van der Waals surface area contributed by atoms with Crippen LogP contribution in [0.15, 0.2) is 35.5 Å². The van der Waals surface area contributed by atoms with Crippen LogP contribution in [0.5, 0.6) is 0 Å². The SMILES string of the molecule is Cc1nc(-c2ccccc2)sc1C(=O)/C(Cl)=N/O. The molecule has 1 N–H and O–H groups in total. The largest absolute Gasteiger partial charge is 0.410 e. The molecule has 0 spiro atoms. The number of oxime groups is 1. The molecule has 0 amide bonds. The maximum Gasteiger partial charge on any atom is 0.238 e. The first kappa shape index (κ1) is 12.7. The van der Waals surface area contributed by atoms with Crippen LogP contribution < -0.4 is 0 Å². The molecule has 0 atom stereocenters. The molecule has 92 valence electrons. The summed E-state index contributed by atoms with van der Waals surface area (Å²) in [6, 6.07) is 9.53. The highest BCUT2D eigenvalue weighted by Crippen LogP contribution is 2.28. The lowest BCUT2D eigenvalue weighted by Crippen LogP contribution is -2.07. The van der Waals surface area contributed by atoms with Gasteiger partial charge in [0.1, 0.15) is 9.88 Å². The molecule has 0 saturated carbocycles. The number of rotatable bonds is 3. The van der Waals surface area contributed by atoms with Crippen molar-refractivity contribution in [1.82, 2.24) is 4.98 Å². The van der Waals surface area contributed by atoms with Crippen LogP contribution in [0.25, 0.3) is 10.6 Å². The number of thiazole rings is 1. The first-order valence-corrected chi connectivity index (χ1v) is 6.28. The fraction of sp³-hybridized carbons (Fsp3) is 0.0833. The van der Waals surface area contributed by atoms with E-state index in [-0.39, 0.29) is 0 Å². The summed E-state index contributed by atoms with van der Waals surface area (Å²) in [6.45, 7) is 1.72. The Kier molecular flexibility index (Phi) is 3.74. The molecule has 18 heavy (non-hydrogen) atoms. The molecule has 1 aromatic heterocycles. The van der Waals surface area contributed by atoms with Crippen molar-refractivity contribution < 1.29 is 10.0 Å². The van der Waals surface area contributed by atoms with Crippen LogP contribution in [0.1, 0.15) is 15.4 Å². The molecule has 4 nitrogen and oxygen atoms in total. The lowest BCUT2D eigenvalue weighted by Gasteiger charge is -1.93. The van der Waals surface area contributed by atoms with Crippen LogP contribution in [0.4, 0.5) is 0 Å². The Hall–Kier alpha value is -1.72. The fourth-order valence-corrected chi connectivity index (χ4v) is 2.61. The number of carbonyl (C=O) groups is 1. The van der Waals surface area contributed by atoms with Crippen LogP contribution >= 0.6 is 22.9 Å². The lowest BCUT2D eigenvalue weighted by atomic mass is 10.2. The van der Waals surface area contributed by atoms with Gasteiger partial charge in [-0.2, -0.15) is 0 Å². The maximum atomic E-state index is 11.8. The number of aryl methyl sites for hydroxylation is 1. The second-order valence-corrected chi connectivity index (χ2v) is 4.88. The third-order valence-electron chi connectivity index (χ3n) is 2.30. The molecule has 2 aromatic rings. The summed E-state index contributed by atoms with van der Waals surface area (Å²) in [5.41, 5.74) is 1.51. The van der Waals surface area contributed by atoms with Crippen molar-refractivity contribution in [3.63, 3.8) is 0 Å². The summed E-state index contributed by atoms with van der Waals surface area (Å²) < 4.78 is 0. The van der Waals surface area contributed by atoms with Gasteiger partial charge in [0, 0.05) is 5.56 Å². The molecule has 0 aliphatic rings. The highest BCUT2D eigenvalue weighted by atomic mass is 35.5. The number of hydrogen-bond donors (Lipinski definition) is 1. The molecule has 6 heteroatoms. The normalized spacial score (nSPS) is 11.6. The third kappa shape index (κ3) is 2.42. The number of carbonyl (C=O) groups excluding carboxylic acids is 1. The number of Topliss-reactive ketones (excluding diaryl/α,β-unsaturated/α-hetero) is 1. The Balaban J connectivity index is 2.42. The van der Waals surface area contributed by atoms with Crippen molar-refractivity contribution in [2.75, 3.05) is 0 Å². The van der Waals surface area contributed by atoms with E-state index in [9.17, 15) is 4.79 Å². The van der Waals surface area contributed by atoms with Gasteiger partial charge in [0.15, 0.2) is 0 Å². The summed E-state index contributed by atoms with van der Waals surface area (Å²) >= 11 is 6.73. The standard InChI is InChI=1S/C12H9ClN2O2S/c1-7-10(9(16)11(13)15-17)18-12(14-7)8-5-3-2-4-6-8/h2-6,17H,1H3/b15-11-. The van der Waals surface area contributed by atoms with Gasteiger partial charge >= 0.3 is 0 Å². The van der Waals surface area contributed by atoms with Gasteiger partial charge in [-0.3, -0.25) is 4.79 Å². The van der Waals surface area contributed by atoms with Gasteiger partial charge in [0.25, 0.3) is 0 Å². The Morgan fingerprint density at radius 1 is 1.39 bits per heavy atom. The van der Waals surface area contributed by atoms with Crippen molar-refractivity contribution >= 4 is 33.9 Å². The topological polar surface area (TPSA) is 62.5 Å². The molecule has 0 bridgehead atoms. The zero-order valence-corrected chi connectivity index (χ0v) is 11.0. The van der Waals surface area contributed by atoms with E-state index in [0.29, 0.717) is 10.6 Å². The second kappa shape index (κ2) is 5.29. The van der Waals surface area contributed by atoms with Crippen LogP contribution in [0.2, 0.25) is 0 Å². The minimum Gasteiger partial charge on any atom is -0.410 e. The molecule has 2 rings (SSSR count). The van der Waals surface area contributed by atoms with E-state index in [1.165, 1.54) is 11.3 Å². The van der Waals surface area contributed by atoms with Crippen molar-refractivity contribution in [3.8, 4) is 10.6 Å².